The lowest BCUT2D eigenvalue weighted by Crippen LogP contribution is -2.29. The van der Waals surface area contributed by atoms with Gasteiger partial charge in [0.15, 0.2) is 0 Å². The number of benzene rings is 1. The summed E-state index contributed by atoms with van der Waals surface area (Å²) in [4.78, 5) is 14.1. The maximum Gasteiger partial charge on any atom is 0.274 e. The Kier molecular flexibility index (Phi) is 4.24. The zero-order valence-electron chi connectivity index (χ0n) is 12.1. The highest BCUT2D eigenvalue weighted by molar-refractivity contribution is 5.97. The van der Waals surface area contributed by atoms with E-state index in [9.17, 15) is 4.79 Å². The van der Waals surface area contributed by atoms with Crippen LogP contribution in [0.5, 0.6) is 0 Å². The summed E-state index contributed by atoms with van der Waals surface area (Å²) >= 11 is 0. The molecule has 0 saturated carbocycles. The van der Waals surface area contributed by atoms with Crippen LogP contribution in [-0.4, -0.2) is 27.6 Å². The number of nitrogen functional groups attached to an aromatic ring is 1. The Hall–Kier alpha value is -2.81. The molecule has 6 heteroatoms. The van der Waals surface area contributed by atoms with E-state index in [0.29, 0.717) is 30.0 Å². The predicted molar refractivity (Wildman–Crippen MR) is 79.3 cm³/mol. The maximum absolute atomic E-state index is 12.5. The van der Waals surface area contributed by atoms with Crippen LogP contribution in [0.1, 0.15) is 28.5 Å². The van der Waals surface area contributed by atoms with E-state index < -0.39 is 0 Å². The number of amides is 1. The molecule has 21 heavy (non-hydrogen) atoms. The van der Waals surface area contributed by atoms with Crippen LogP contribution in [0.2, 0.25) is 0 Å². The number of nitriles is 1. The van der Waals surface area contributed by atoms with Crippen molar-refractivity contribution in [1.82, 2.24) is 14.7 Å². The third-order valence-corrected chi connectivity index (χ3v) is 3.19. The van der Waals surface area contributed by atoms with E-state index in [4.69, 9.17) is 11.0 Å². The highest BCUT2D eigenvalue weighted by Gasteiger charge is 2.20. The van der Waals surface area contributed by atoms with E-state index in [2.05, 4.69) is 11.2 Å². The summed E-state index contributed by atoms with van der Waals surface area (Å²) in [5.41, 5.74) is 8.06. The molecule has 0 spiro atoms. The lowest BCUT2D eigenvalue weighted by molar-refractivity contribution is 0.0774. The van der Waals surface area contributed by atoms with Crippen LogP contribution < -0.4 is 5.73 Å². The average molecular weight is 283 g/mol. The number of nitrogens with zero attached hydrogens (tertiary/aromatic N) is 4. The second-order valence-corrected chi connectivity index (χ2v) is 4.74. The highest BCUT2D eigenvalue weighted by atomic mass is 16.2. The molecule has 0 atom stereocenters. The van der Waals surface area contributed by atoms with Crippen LogP contribution in [-0.2, 0) is 13.1 Å². The molecule has 0 radical (unpaired) electrons. The summed E-state index contributed by atoms with van der Waals surface area (Å²) in [7, 11) is 1.70. The fourth-order valence-electron chi connectivity index (χ4n) is 2.14. The summed E-state index contributed by atoms with van der Waals surface area (Å²) < 4.78 is 1.58. The average Bonchev–Trinajstić information content (AvgIpc) is 2.87. The quantitative estimate of drug-likeness (QED) is 0.923. The Labute approximate surface area is 123 Å². The summed E-state index contributed by atoms with van der Waals surface area (Å²) in [6.45, 7) is 2.89. The van der Waals surface area contributed by atoms with Gasteiger partial charge < -0.3 is 10.6 Å². The van der Waals surface area contributed by atoms with Crippen LogP contribution in [0.4, 0.5) is 5.69 Å². The number of carbonyl (C=O) groups excluding carboxylic acids is 1. The van der Waals surface area contributed by atoms with Gasteiger partial charge in [-0.2, -0.15) is 10.4 Å². The third-order valence-electron chi connectivity index (χ3n) is 3.19. The monoisotopic (exact) mass is 283 g/mol. The van der Waals surface area contributed by atoms with E-state index in [1.807, 2.05) is 13.0 Å². The maximum atomic E-state index is 12.5. The van der Waals surface area contributed by atoms with Gasteiger partial charge in [0.1, 0.15) is 5.69 Å². The fraction of sp³-hybridized carbons (Fsp3) is 0.267. The third kappa shape index (κ3) is 3.03. The van der Waals surface area contributed by atoms with Crippen LogP contribution in [0, 0.1) is 11.3 Å². The molecule has 0 fully saturated rings. The van der Waals surface area contributed by atoms with E-state index >= 15 is 0 Å². The number of aromatic nitrogens is 2. The minimum atomic E-state index is -0.186. The molecular weight excluding hydrogens is 266 g/mol. The Morgan fingerprint density at radius 2 is 2.29 bits per heavy atom. The minimum absolute atomic E-state index is 0.186. The molecule has 0 unspecified atom stereocenters. The van der Waals surface area contributed by atoms with Crippen LogP contribution >= 0.6 is 0 Å². The largest absolute Gasteiger partial charge is 0.396 e. The molecule has 0 aliphatic heterocycles. The zero-order chi connectivity index (χ0) is 15.4. The number of nitrogens with two attached hydrogens (primary N) is 1. The molecule has 2 rings (SSSR count). The summed E-state index contributed by atoms with van der Waals surface area (Å²) in [6.07, 6.45) is 1.49. The molecule has 0 aliphatic rings. The van der Waals surface area contributed by atoms with Crippen LogP contribution in [0.15, 0.2) is 30.5 Å². The molecule has 1 amide bonds. The molecule has 6 nitrogen and oxygen atoms in total. The van der Waals surface area contributed by atoms with Crippen molar-refractivity contribution in [2.75, 3.05) is 12.8 Å². The number of anilines is 1. The van der Waals surface area contributed by atoms with Gasteiger partial charge in [-0.3, -0.25) is 9.48 Å². The SMILES string of the molecule is CCn1ncc(N)c1C(=O)N(C)Cc1cccc(C#N)c1. The first-order chi connectivity index (χ1) is 10.1. The molecule has 1 aromatic carbocycles. The van der Waals surface area contributed by atoms with Gasteiger partial charge in [0.2, 0.25) is 0 Å². The topological polar surface area (TPSA) is 87.9 Å². The first kappa shape index (κ1) is 14.6. The number of hydrogen-bond acceptors (Lipinski definition) is 4. The van der Waals surface area contributed by atoms with E-state index in [-0.39, 0.29) is 5.91 Å². The summed E-state index contributed by atoms with van der Waals surface area (Å²) in [5.74, 6) is -0.186. The van der Waals surface area contributed by atoms with Gasteiger partial charge in [0, 0.05) is 20.1 Å². The van der Waals surface area contributed by atoms with Gasteiger partial charge in [-0.05, 0) is 24.6 Å². The standard InChI is InChI=1S/C15H17N5O/c1-3-20-14(13(17)9-18-20)15(21)19(2)10-12-6-4-5-11(7-12)8-16/h4-7,9H,3,10,17H2,1-2H3. The number of hydrogen-bond donors (Lipinski definition) is 1. The number of carbonyl (C=O) groups is 1. The first-order valence-corrected chi connectivity index (χ1v) is 6.62. The van der Waals surface area contributed by atoms with Crippen molar-refractivity contribution in [3.8, 4) is 6.07 Å². The predicted octanol–water partition coefficient (Wildman–Crippen LogP) is 1.63. The van der Waals surface area contributed by atoms with E-state index in [0.717, 1.165) is 5.56 Å². The van der Waals surface area contributed by atoms with Crippen molar-refractivity contribution in [2.24, 2.45) is 0 Å². The zero-order valence-corrected chi connectivity index (χ0v) is 12.1. The highest BCUT2D eigenvalue weighted by Crippen LogP contribution is 2.15. The fourth-order valence-corrected chi connectivity index (χ4v) is 2.14. The Balaban J connectivity index is 2.20. The van der Waals surface area contributed by atoms with Crippen molar-refractivity contribution in [3.05, 3.63) is 47.3 Å². The van der Waals surface area contributed by atoms with Gasteiger partial charge >= 0.3 is 0 Å². The van der Waals surface area contributed by atoms with Crippen molar-refractivity contribution in [3.63, 3.8) is 0 Å². The lowest BCUT2D eigenvalue weighted by atomic mass is 10.1. The summed E-state index contributed by atoms with van der Waals surface area (Å²) in [6, 6.07) is 9.27. The van der Waals surface area contributed by atoms with Gasteiger partial charge in [-0.25, -0.2) is 0 Å². The molecule has 108 valence electrons. The normalized spacial score (nSPS) is 10.1. The van der Waals surface area contributed by atoms with Crippen LogP contribution in [0.25, 0.3) is 0 Å². The smallest absolute Gasteiger partial charge is 0.274 e. The van der Waals surface area contributed by atoms with Crippen LogP contribution in [0.3, 0.4) is 0 Å². The number of rotatable bonds is 4. The molecular formula is C15H17N5O. The first-order valence-electron chi connectivity index (χ1n) is 6.62. The van der Waals surface area contributed by atoms with Crippen molar-refractivity contribution in [2.45, 2.75) is 20.0 Å². The molecule has 0 saturated heterocycles. The Morgan fingerprint density at radius 3 is 2.95 bits per heavy atom. The molecule has 0 aliphatic carbocycles. The molecule has 2 aromatic rings. The molecule has 1 heterocycles. The van der Waals surface area contributed by atoms with Crippen molar-refractivity contribution >= 4 is 11.6 Å². The Bertz CT molecular complexity index is 698. The lowest BCUT2D eigenvalue weighted by Gasteiger charge is -2.18. The summed E-state index contributed by atoms with van der Waals surface area (Å²) in [5, 5.41) is 13.0. The molecule has 2 N–H and O–H groups in total. The molecule has 0 bridgehead atoms. The van der Waals surface area contributed by atoms with E-state index in [1.165, 1.54) is 6.20 Å². The van der Waals surface area contributed by atoms with Gasteiger partial charge in [-0.15, -0.1) is 0 Å². The number of aryl methyl sites for hydroxylation is 1. The van der Waals surface area contributed by atoms with E-state index in [1.54, 1.807) is 34.8 Å². The second kappa shape index (κ2) is 6.09. The minimum Gasteiger partial charge on any atom is -0.396 e. The Morgan fingerprint density at radius 1 is 1.52 bits per heavy atom. The van der Waals surface area contributed by atoms with Gasteiger partial charge in [-0.1, -0.05) is 12.1 Å². The van der Waals surface area contributed by atoms with Crippen molar-refractivity contribution in [1.29, 1.82) is 5.26 Å². The second-order valence-electron chi connectivity index (χ2n) is 4.74. The molecule has 1 aromatic heterocycles. The van der Waals surface area contributed by atoms with Crippen molar-refractivity contribution < 1.29 is 4.79 Å². The van der Waals surface area contributed by atoms with Gasteiger partial charge in [0.25, 0.3) is 5.91 Å². The van der Waals surface area contributed by atoms with Gasteiger partial charge in [0.05, 0.1) is 23.5 Å².